The van der Waals surface area contributed by atoms with Crippen molar-refractivity contribution in [3.63, 3.8) is 0 Å². The fourth-order valence-electron chi connectivity index (χ4n) is 6.12. The lowest BCUT2D eigenvalue weighted by Crippen LogP contribution is -2.27. The second kappa shape index (κ2) is 15.8. The first-order valence-corrected chi connectivity index (χ1v) is 17.2. The average Bonchev–Trinajstić information content (AvgIpc) is 3.52. The predicted octanol–water partition coefficient (Wildman–Crippen LogP) is 8.22. The van der Waals surface area contributed by atoms with Gasteiger partial charge in [0.1, 0.15) is 21.9 Å². The van der Waals surface area contributed by atoms with Crippen LogP contribution in [0, 0.1) is 0 Å². The van der Waals surface area contributed by atoms with E-state index in [1.165, 1.54) is 11.1 Å². The third-order valence-electron chi connectivity index (χ3n) is 8.58. The summed E-state index contributed by atoms with van der Waals surface area (Å²) >= 11 is 1.56. The Bertz CT molecular complexity index is 2070. The summed E-state index contributed by atoms with van der Waals surface area (Å²) in [5, 5.41) is 0.536. The maximum atomic E-state index is 14.5. The number of para-hydroxylation sites is 1. The van der Waals surface area contributed by atoms with Gasteiger partial charge in [-0.15, -0.1) is 11.3 Å². The monoisotopic (exact) mass is 672 g/mol. The van der Waals surface area contributed by atoms with Gasteiger partial charge in [-0.05, 0) is 65.9 Å². The van der Waals surface area contributed by atoms with Gasteiger partial charge in [0.25, 0.3) is 0 Å². The molecule has 6 rings (SSSR count). The largest absolute Gasteiger partial charge is 0.497 e. The van der Waals surface area contributed by atoms with Crippen molar-refractivity contribution < 1.29 is 19.0 Å². The topological polar surface area (TPSA) is 70.0 Å². The summed E-state index contributed by atoms with van der Waals surface area (Å²) in [4.78, 5) is 32.0. The molecule has 0 atom stereocenters. The van der Waals surface area contributed by atoms with Crippen LogP contribution in [0.5, 0.6) is 11.5 Å². The molecule has 2 aromatic heterocycles. The summed E-state index contributed by atoms with van der Waals surface area (Å²) in [6.07, 6.45) is 2.49. The Balaban J connectivity index is 1.55. The first-order valence-electron chi connectivity index (χ1n) is 16.4. The standard InChI is InChI=1S/C41H40N2O5S/c1-4-48-41(45)35-28-43(26-32-17-11-12-18-36(32)47-3)40-37(38(35)44)34(39(49-40)31-19-21-33(46-2)22-20-31)27-42(25-30-15-9-6-10-16-30)24-23-29-13-7-5-8-14-29/h5-22,28H,4,23-27H2,1-3H3. The van der Waals surface area contributed by atoms with Gasteiger partial charge in [-0.1, -0.05) is 78.9 Å². The predicted molar refractivity (Wildman–Crippen MR) is 197 cm³/mol. The Hall–Kier alpha value is -5.18. The van der Waals surface area contributed by atoms with E-state index < -0.39 is 5.97 Å². The Kier molecular flexibility index (Phi) is 10.9. The normalized spacial score (nSPS) is 11.2. The van der Waals surface area contributed by atoms with E-state index in [1.807, 2.05) is 65.2 Å². The molecule has 0 aliphatic carbocycles. The van der Waals surface area contributed by atoms with E-state index in [-0.39, 0.29) is 17.6 Å². The molecule has 0 fully saturated rings. The molecule has 49 heavy (non-hydrogen) atoms. The maximum Gasteiger partial charge on any atom is 0.343 e. The van der Waals surface area contributed by atoms with E-state index in [4.69, 9.17) is 14.2 Å². The highest BCUT2D eigenvalue weighted by Crippen LogP contribution is 2.40. The van der Waals surface area contributed by atoms with Gasteiger partial charge in [0.2, 0.25) is 5.43 Å². The van der Waals surface area contributed by atoms with Crippen molar-refractivity contribution in [2.75, 3.05) is 27.4 Å². The first kappa shape index (κ1) is 33.7. The molecule has 8 heteroatoms. The fourth-order valence-corrected chi connectivity index (χ4v) is 7.41. The van der Waals surface area contributed by atoms with Gasteiger partial charge >= 0.3 is 5.97 Å². The third-order valence-corrected chi connectivity index (χ3v) is 9.90. The number of pyridine rings is 1. The molecule has 0 N–H and O–H groups in total. The number of hydrogen-bond donors (Lipinski definition) is 0. The van der Waals surface area contributed by atoms with Crippen LogP contribution >= 0.6 is 11.3 Å². The lowest BCUT2D eigenvalue weighted by atomic mass is 10.0. The molecule has 0 bridgehead atoms. The van der Waals surface area contributed by atoms with Crippen LogP contribution in [0.15, 0.2) is 120 Å². The highest BCUT2D eigenvalue weighted by atomic mass is 32.1. The number of aromatic nitrogens is 1. The van der Waals surface area contributed by atoms with Crippen molar-refractivity contribution in [3.8, 4) is 21.9 Å². The summed E-state index contributed by atoms with van der Waals surface area (Å²) in [6.45, 7) is 4.28. The minimum atomic E-state index is -0.628. The zero-order valence-corrected chi connectivity index (χ0v) is 28.9. The summed E-state index contributed by atoms with van der Waals surface area (Å²) in [6, 6.07) is 36.5. The van der Waals surface area contributed by atoms with Crippen LogP contribution in [0.4, 0.5) is 0 Å². The van der Waals surface area contributed by atoms with Gasteiger partial charge in [-0.25, -0.2) is 4.79 Å². The van der Waals surface area contributed by atoms with Crippen LogP contribution in [0.3, 0.4) is 0 Å². The van der Waals surface area contributed by atoms with Gasteiger partial charge in [0.15, 0.2) is 0 Å². The number of methoxy groups -OCH3 is 2. The van der Waals surface area contributed by atoms with Gasteiger partial charge in [0.05, 0.1) is 32.8 Å². The van der Waals surface area contributed by atoms with E-state index in [0.29, 0.717) is 25.0 Å². The molecule has 7 nitrogen and oxygen atoms in total. The van der Waals surface area contributed by atoms with Gasteiger partial charge in [-0.2, -0.15) is 0 Å². The van der Waals surface area contributed by atoms with Crippen molar-refractivity contribution in [1.82, 2.24) is 9.47 Å². The highest BCUT2D eigenvalue weighted by Gasteiger charge is 2.26. The summed E-state index contributed by atoms with van der Waals surface area (Å²) in [5.74, 6) is 0.853. The number of ether oxygens (including phenoxy) is 3. The van der Waals surface area contributed by atoms with E-state index in [9.17, 15) is 9.59 Å². The molecule has 6 aromatic rings. The van der Waals surface area contributed by atoms with Crippen molar-refractivity contribution in [2.45, 2.75) is 33.0 Å². The lowest BCUT2D eigenvalue weighted by Gasteiger charge is -2.23. The van der Waals surface area contributed by atoms with Crippen LogP contribution in [0.25, 0.3) is 20.7 Å². The zero-order chi connectivity index (χ0) is 34.2. The Morgan fingerprint density at radius 1 is 0.796 bits per heavy atom. The lowest BCUT2D eigenvalue weighted by molar-refractivity contribution is 0.0524. The van der Waals surface area contributed by atoms with Crippen LogP contribution in [0.1, 0.15) is 39.5 Å². The number of rotatable bonds is 14. The van der Waals surface area contributed by atoms with Crippen LogP contribution in [0.2, 0.25) is 0 Å². The fraction of sp³-hybridized carbons (Fsp3) is 0.220. The number of thiophene rings is 1. The van der Waals surface area contributed by atoms with Crippen molar-refractivity contribution in [1.29, 1.82) is 0 Å². The van der Waals surface area contributed by atoms with Crippen molar-refractivity contribution >= 4 is 27.5 Å². The number of benzene rings is 4. The summed E-state index contributed by atoms with van der Waals surface area (Å²) in [5.41, 5.74) is 4.91. The van der Waals surface area contributed by atoms with Crippen LogP contribution in [-0.4, -0.2) is 42.8 Å². The number of esters is 1. The molecule has 0 spiro atoms. The van der Waals surface area contributed by atoms with Gasteiger partial charge in [-0.3, -0.25) is 9.69 Å². The molecule has 0 aliphatic rings. The second-order valence-corrected chi connectivity index (χ2v) is 12.8. The molecular formula is C41H40N2O5S. The summed E-state index contributed by atoms with van der Waals surface area (Å²) < 4.78 is 18.6. The average molecular weight is 673 g/mol. The van der Waals surface area contributed by atoms with E-state index in [2.05, 4.69) is 53.4 Å². The quantitative estimate of drug-likeness (QED) is 0.109. The van der Waals surface area contributed by atoms with E-state index >= 15 is 0 Å². The highest BCUT2D eigenvalue weighted by molar-refractivity contribution is 7.22. The smallest absolute Gasteiger partial charge is 0.343 e. The van der Waals surface area contributed by atoms with Crippen LogP contribution in [-0.2, 0) is 30.8 Å². The van der Waals surface area contributed by atoms with E-state index in [1.54, 1.807) is 38.7 Å². The van der Waals surface area contributed by atoms with Crippen LogP contribution < -0.4 is 14.9 Å². The number of carbonyl (C=O) groups is 1. The number of hydrogen-bond acceptors (Lipinski definition) is 7. The molecule has 0 amide bonds. The molecule has 0 saturated carbocycles. The molecule has 2 heterocycles. The Morgan fingerprint density at radius 3 is 2.14 bits per heavy atom. The molecule has 0 aliphatic heterocycles. The molecule has 250 valence electrons. The second-order valence-electron chi connectivity index (χ2n) is 11.8. The first-order chi connectivity index (χ1) is 24.0. The Labute approximate surface area is 290 Å². The molecule has 4 aromatic carbocycles. The van der Waals surface area contributed by atoms with Gasteiger partial charge < -0.3 is 18.8 Å². The SMILES string of the molecule is CCOC(=O)c1cn(Cc2ccccc2OC)c2sc(-c3ccc(OC)cc3)c(CN(CCc3ccccc3)Cc3ccccc3)c2c1=O. The molecule has 0 radical (unpaired) electrons. The zero-order valence-electron chi connectivity index (χ0n) is 28.1. The number of fused-ring (bicyclic) bond motifs is 1. The van der Waals surface area contributed by atoms with Gasteiger partial charge in [0, 0.05) is 36.3 Å². The maximum absolute atomic E-state index is 14.5. The third kappa shape index (κ3) is 7.77. The molecule has 0 saturated heterocycles. The van der Waals surface area contributed by atoms with E-state index in [0.717, 1.165) is 50.9 Å². The summed E-state index contributed by atoms with van der Waals surface area (Å²) in [7, 11) is 3.29. The molecule has 0 unspecified atom stereocenters. The molecular weight excluding hydrogens is 633 g/mol. The number of nitrogens with zero attached hydrogens (tertiary/aromatic N) is 2. The Morgan fingerprint density at radius 2 is 1.47 bits per heavy atom. The minimum Gasteiger partial charge on any atom is -0.497 e. The van der Waals surface area contributed by atoms with Crippen molar-refractivity contribution in [3.05, 3.63) is 153 Å². The van der Waals surface area contributed by atoms with Crippen molar-refractivity contribution in [2.24, 2.45) is 0 Å². The minimum absolute atomic E-state index is 0.0171. The number of carbonyl (C=O) groups excluding carboxylic acids is 1.